The van der Waals surface area contributed by atoms with Crippen molar-refractivity contribution in [3.63, 3.8) is 0 Å². The average Bonchev–Trinajstić information content (AvgIpc) is 2.88. The number of para-hydroxylation sites is 1. The SMILES string of the molecule is CCCCCCN1CN(C)c2cccc(-c3ccc(Cl)cc3Cl)c21. The molecule has 0 N–H and O–H groups in total. The molecule has 0 radical (unpaired) electrons. The van der Waals surface area contributed by atoms with E-state index in [-0.39, 0.29) is 0 Å². The van der Waals surface area contributed by atoms with Gasteiger partial charge in [0.05, 0.1) is 18.0 Å². The number of nitrogens with zero attached hydrogens (tertiary/aromatic N) is 2. The molecule has 0 bridgehead atoms. The second kappa shape index (κ2) is 7.67. The molecule has 0 unspecified atom stereocenters. The quantitative estimate of drug-likeness (QED) is 0.544. The maximum Gasteiger partial charge on any atom is 0.0901 e. The van der Waals surface area contributed by atoms with Gasteiger partial charge in [-0.1, -0.05) is 67.6 Å². The summed E-state index contributed by atoms with van der Waals surface area (Å²) in [6.45, 7) is 4.27. The first-order chi connectivity index (χ1) is 11.6. The highest BCUT2D eigenvalue weighted by atomic mass is 35.5. The predicted octanol–water partition coefficient (Wildman–Crippen LogP) is 6.45. The van der Waals surface area contributed by atoms with Gasteiger partial charge in [0.15, 0.2) is 0 Å². The highest BCUT2D eigenvalue weighted by Gasteiger charge is 2.26. The number of anilines is 2. The van der Waals surface area contributed by atoms with Gasteiger partial charge in [-0.25, -0.2) is 0 Å². The van der Waals surface area contributed by atoms with Crippen LogP contribution in [-0.4, -0.2) is 20.3 Å². The molecule has 2 nitrogen and oxygen atoms in total. The Kier molecular flexibility index (Phi) is 5.57. The number of hydrogen-bond donors (Lipinski definition) is 0. The van der Waals surface area contributed by atoms with Crippen LogP contribution in [0.4, 0.5) is 11.4 Å². The van der Waals surface area contributed by atoms with Gasteiger partial charge in [-0.3, -0.25) is 0 Å². The highest BCUT2D eigenvalue weighted by molar-refractivity contribution is 6.36. The number of rotatable bonds is 6. The third-order valence-electron chi connectivity index (χ3n) is 4.63. The van der Waals surface area contributed by atoms with Crippen molar-refractivity contribution in [2.24, 2.45) is 0 Å². The topological polar surface area (TPSA) is 6.48 Å². The van der Waals surface area contributed by atoms with E-state index in [1.54, 1.807) is 0 Å². The number of fused-ring (bicyclic) bond motifs is 1. The molecule has 0 aliphatic carbocycles. The molecule has 2 aromatic carbocycles. The average molecular weight is 363 g/mol. The Morgan fingerprint density at radius 2 is 1.83 bits per heavy atom. The lowest BCUT2D eigenvalue weighted by molar-refractivity contribution is 0.649. The molecule has 1 aliphatic heterocycles. The molecule has 1 aliphatic rings. The van der Waals surface area contributed by atoms with E-state index in [9.17, 15) is 0 Å². The van der Waals surface area contributed by atoms with E-state index in [0.29, 0.717) is 10.0 Å². The third kappa shape index (κ3) is 3.50. The largest absolute Gasteiger partial charge is 0.355 e. The predicted molar refractivity (Wildman–Crippen MR) is 107 cm³/mol. The Hall–Kier alpha value is -1.38. The van der Waals surface area contributed by atoms with E-state index in [0.717, 1.165) is 18.8 Å². The number of hydrogen-bond acceptors (Lipinski definition) is 2. The minimum Gasteiger partial charge on any atom is -0.355 e. The van der Waals surface area contributed by atoms with Crippen molar-refractivity contribution >= 4 is 34.6 Å². The summed E-state index contributed by atoms with van der Waals surface area (Å²) < 4.78 is 0. The normalized spacial score (nSPS) is 13.5. The Bertz CT molecular complexity index is 715. The van der Waals surface area contributed by atoms with Crippen LogP contribution in [0.2, 0.25) is 10.0 Å². The van der Waals surface area contributed by atoms with Crippen LogP contribution in [0.3, 0.4) is 0 Å². The fourth-order valence-corrected chi connectivity index (χ4v) is 3.92. The van der Waals surface area contributed by atoms with Gasteiger partial charge in [0.2, 0.25) is 0 Å². The molecule has 0 amide bonds. The lowest BCUT2D eigenvalue weighted by Crippen LogP contribution is -2.29. The van der Waals surface area contributed by atoms with Crippen molar-refractivity contribution in [3.05, 3.63) is 46.4 Å². The van der Waals surface area contributed by atoms with E-state index in [1.807, 2.05) is 18.2 Å². The van der Waals surface area contributed by atoms with E-state index in [1.165, 1.54) is 42.6 Å². The summed E-state index contributed by atoms with van der Waals surface area (Å²) in [5.74, 6) is 0. The zero-order chi connectivity index (χ0) is 17.1. The fraction of sp³-hybridized carbons (Fsp3) is 0.400. The van der Waals surface area contributed by atoms with Gasteiger partial charge in [0.25, 0.3) is 0 Å². The zero-order valence-corrected chi connectivity index (χ0v) is 15.9. The highest BCUT2D eigenvalue weighted by Crippen LogP contribution is 2.45. The van der Waals surface area contributed by atoms with Crippen LogP contribution in [0.15, 0.2) is 36.4 Å². The maximum absolute atomic E-state index is 6.48. The van der Waals surface area contributed by atoms with Gasteiger partial charge < -0.3 is 9.80 Å². The van der Waals surface area contributed by atoms with Crippen molar-refractivity contribution in [3.8, 4) is 11.1 Å². The van der Waals surface area contributed by atoms with Gasteiger partial charge in [-0.2, -0.15) is 0 Å². The molecule has 0 spiro atoms. The standard InChI is InChI=1S/C20H24Cl2N2/c1-3-4-5-6-12-24-14-23(2)19-9-7-8-17(20(19)24)16-11-10-15(21)13-18(16)22/h7-11,13H,3-6,12,14H2,1-2H3. The Morgan fingerprint density at radius 3 is 2.58 bits per heavy atom. The molecular weight excluding hydrogens is 339 g/mol. The molecule has 0 aromatic heterocycles. The van der Waals surface area contributed by atoms with Crippen LogP contribution in [-0.2, 0) is 0 Å². The summed E-state index contributed by atoms with van der Waals surface area (Å²) in [6, 6.07) is 12.2. The lowest BCUT2D eigenvalue weighted by Gasteiger charge is -2.21. The molecule has 1 heterocycles. The summed E-state index contributed by atoms with van der Waals surface area (Å²) in [5.41, 5.74) is 4.80. The van der Waals surface area contributed by atoms with E-state index in [4.69, 9.17) is 23.2 Å². The van der Waals surface area contributed by atoms with Gasteiger partial charge in [0, 0.05) is 34.8 Å². The zero-order valence-electron chi connectivity index (χ0n) is 14.4. The van der Waals surface area contributed by atoms with Crippen molar-refractivity contribution in [1.29, 1.82) is 0 Å². The molecular formula is C20H24Cl2N2. The lowest BCUT2D eigenvalue weighted by atomic mass is 10.0. The molecule has 3 rings (SSSR count). The molecule has 2 aromatic rings. The number of unbranched alkanes of at least 4 members (excludes halogenated alkanes) is 3. The van der Waals surface area contributed by atoms with Gasteiger partial charge >= 0.3 is 0 Å². The van der Waals surface area contributed by atoms with Crippen LogP contribution in [0.25, 0.3) is 11.1 Å². The second-order valence-electron chi connectivity index (χ2n) is 6.46. The Balaban J connectivity index is 1.95. The smallest absolute Gasteiger partial charge is 0.0901 e. The van der Waals surface area contributed by atoms with Crippen molar-refractivity contribution in [2.45, 2.75) is 32.6 Å². The molecule has 24 heavy (non-hydrogen) atoms. The summed E-state index contributed by atoms with van der Waals surface area (Å²) in [5, 5.41) is 1.38. The van der Waals surface area contributed by atoms with Gasteiger partial charge in [-0.05, 0) is 24.6 Å². The summed E-state index contributed by atoms with van der Waals surface area (Å²) in [4.78, 5) is 4.79. The molecule has 0 saturated carbocycles. The van der Waals surface area contributed by atoms with Gasteiger partial charge in [0.1, 0.15) is 0 Å². The van der Waals surface area contributed by atoms with Crippen molar-refractivity contribution in [1.82, 2.24) is 0 Å². The minimum absolute atomic E-state index is 0.671. The first-order valence-electron chi connectivity index (χ1n) is 8.66. The minimum atomic E-state index is 0.671. The monoisotopic (exact) mass is 362 g/mol. The van der Waals surface area contributed by atoms with Crippen LogP contribution in [0, 0.1) is 0 Å². The van der Waals surface area contributed by atoms with Crippen LogP contribution in [0.1, 0.15) is 32.6 Å². The molecule has 4 heteroatoms. The fourth-order valence-electron chi connectivity index (χ4n) is 3.41. The first kappa shape index (κ1) is 17.4. The van der Waals surface area contributed by atoms with Crippen molar-refractivity contribution in [2.75, 3.05) is 30.1 Å². The third-order valence-corrected chi connectivity index (χ3v) is 5.18. The Labute approximate surface area is 155 Å². The Morgan fingerprint density at radius 1 is 1.00 bits per heavy atom. The van der Waals surface area contributed by atoms with Gasteiger partial charge in [-0.15, -0.1) is 0 Å². The number of benzene rings is 2. The van der Waals surface area contributed by atoms with E-state index >= 15 is 0 Å². The van der Waals surface area contributed by atoms with Crippen LogP contribution in [0.5, 0.6) is 0 Å². The molecule has 128 valence electrons. The first-order valence-corrected chi connectivity index (χ1v) is 9.42. The number of halogens is 2. The van der Waals surface area contributed by atoms with Crippen LogP contribution < -0.4 is 9.80 Å². The summed E-state index contributed by atoms with van der Waals surface area (Å²) in [7, 11) is 2.15. The maximum atomic E-state index is 6.48. The summed E-state index contributed by atoms with van der Waals surface area (Å²) >= 11 is 12.5. The molecule has 0 fully saturated rings. The summed E-state index contributed by atoms with van der Waals surface area (Å²) in [6.07, 6.45) is 5.09. The van der Waals surface area contributed by atoms with E-state index < -0.39 is 0 Å². The molecule has 0 atom stereocenters. The molecule has 0 saturated heterocycles. The van der Waals surface area contributed by atoms with Crippen molar-refractivity contribution < 1.29 is 0 Å². The van der Waals surface area contributed by atoms with E-state index in [2.05, 4.69) is 42.0 Å². The van der Waals surface area contributed by atoms with Crippen LogP contribution >= 0.6 is 23.2 Å². The second-order valence-corrected chi connectivity index (χ2v) is 7.30.